The number of aryl methyl sites for hydroxylation is 2. The van der Waals surface area contributed by atoms with Gasteiger partial charge in [-0.2, -0.15) is 0 Å². The Morgan fingerprint density at radius 2 is 2.16 bits per heavy atom. The molecule has 0 spiro atoms. The Labute approximate surface area is 123 Å². The highest BCUT2D eigenvalue weighted by molar-refractivity contribution is 9.10. The molecule has 1 heterocycles. The highest BCUT2D eigenvalue weighted by Gasteiger charge is 2.14. The molecule has 1 aromatic rings. The number of piperidine rings is 1. The summed E-state index contributed by atoms with van der Waals surface area (Å²) in [6.45, 7) is 4.09. The first-order chi connectivity index (χ1) is 9.15. The third kappa shape index (κ3) is 4.62. The summed E-state index contributed by atoms with van der Waals surface area (Å²) in [6, 6.07) is 6.63. The number of amides is 1. The smallest absolute Gasteiger partial charge is 0.220 e. The van der Waals surface area contributed by atoms with E-state index in [9.17, 15) is 4.79 Å². The van der Waals surface area contributed by atoms with E-state index in [-0.39, 0.29) is 5.91 Å². The van der Waals surface area contributed by atoms with Gasteiger partial charge in [-0.3, -0.25) is 4.79 Å². The number of nitrogens with one attached hydrogen (secondary N) is 2. The Balaban J connectivity index is 1.77. The maximum absolute atomic E-state index is 11.9. The molecule has 2 rings (SSSR count). The molecule has 1 saturated heterocycles. The minimum atomic E-state index is 0.174. The summed E-state index contributed by atoms with van der Waals surface area (Å²) in [6.07, 6.45) is 3.47. The van der Waals surface area contributed by atoms with E-state index in [0.29, 0.717) is 12.5 Å². The molecule has 0 bridgehead atoms. The summed E-state index contributed by atoms with van der Waals surface area (Å²) in [5.74, 6) is 0.174. The molecule has 1 aliphatic rings. The minimum absolute atomic E-state index is 0.174. The topological polar surface area (TPSA) is 41.1 Å². The van der Waals surface area contributed by atoms with Crippen LogP contribution >= 0.6 is 15.9 Å². The van der Waals surface area contributed by atoms with Crippen LogP contribution in [0.4, 0.5) is 0 Å². The monoisotopic (exact) mass is 324 g/mol. The fraction of sp³-hybridized carbons (Fsp3) is 0.533. The average molecular weight is 325 g/mol. The van der Waals surface area contributed by atoms with E-state index in [2.05, 4.69) is 51.7 Å². The summed E-state index contributed by atoms with van der Waals surface area (Å²) in [5, 5.41) is 6.43. The number of hydrogen-bond donors (Lipinski definition) is 2. The van der Waals surface area contributed by atoms with E-state index >= 15 is 0 Å². The number of halogens is 1. The maximum Gasteiger partial charge on any atom is 0.220 e. The second-order valence-electron chi connectivity index (χ2n) is 5.18. The SMILES string of the molecule is Cc1cc(CCC(=O)NC2CCNCC2)ccc1Br. The van der Waals surface area contributed by atoms with Gasteiger partial charge in [0.15, 0.2) is 0 Å². The second kappa shape index (κ2) is 7.06. The van der Waals surface area contributed by atoms with Crippen LogP contribution in [0.3, 0.4) is 0 Å². The molecule has 3 nitrogen and oxygen atoms in total. The third-order valence-corrected chi connectivity index (χ3v) is 4.46. The number of hydrogen-bond acceptors (Lipinski definition) is 2. The average Bonchev–Trinajstić information content (AvgIpc) is 2.41. The van der Waals surface area contributed by atoms with E-state index < -0.39 is 0 Å². The fourth-order valence-corrected chi connectivity index (χ4v) is 2.63. The summed E-state index contributed by atoms with van der Waals surface area (Å²) in [5.41, 5.74) is 2.44. The number of carbonyl (C=O) groups excluding carboxylic acids is 1. The van der Waals surface area contributed by atoms with Gasteiger partial charge < -0.3 is 10.6 Å². The van der Waals surface area contributed by atoms with Crippen LogP contribution in [0.25, 0.3) is 0 Å². The molecule has 1 amide bonds. The zero-order valence-corrected chi connectivity index (χ0v) is 12.9. The minimum Gasteiger partial charge on any atom is -0.353 e. The molecular weight excluding hydrogens is 304 g/mol. The van der Waals surface area contributed by atoms with Gasteiger partial charge in [0.2, 0.25) is 5.91 Å². The summed E-state index contributed by atoms with van der Waals surface area (Å²) in [4.78, 5) is 11.9. The third-order valence-electron chi connectivity index (χ3n) is 3.57. The lowest BCUT2D eigenvalue weighted by Crippen LogP contribution is -2.42. The Morgan fingerprint density at radius 1 is 1.42 bits per heavy atom. The van der Waals surface area contributed by atoms with Crippen molar-refractivity contribution in [3.63, 3.8) is 0 Å². The van der Waals surface area contributed by atoms with Gasteiger partial charge in [0.25, 0.3) is 0 Å². The van der Waals surface area contributed by atoms with E-state index in [1.54, 1.807) is 0 Å². The van der Waals surface area contributed by atoms with Crippen LogP contribution in [0.5, 0.6) is 0 Å². The van der Waals surface area contributed by atoms with Crippen molar-refractivity contribution in [2.45, 2.75) is 38.6 Å². The van der Waals surface area contributed by atoms with Gasteiger partial charge in [-0.25, -0.2) is 0 Å². The van der Waals surface area contributed by atoms with Crippen LogP contribution in [-0.4, -0.2) is 25.0 Å². The molecule has 0 saturated carbocycles. The van der Waals surface area contributed by atoms with Crippen molar-refractivity contribution in [2.24, 2.45) is 0 Å². The Hall–Kier alpha value is -0.870. The molecule has 0 unspecified atom stereocenters. The van der Waals surface area contributed by atoms with Gasteiger partial charge in [0.05, 0.1) is 0 Å². The van der Waals surface area contributed by atoms with E-state index in [1.807, 2.05) is 0 Å². The zero-order chi connectivity index (χ0) is 13.7. The van der Waals surface area contributed by atoms with Gasteiger partial charge in [-0.05, 0) is 56.5 Å². The van der Waals surface area contributed by atoms with Gasteiger partial charge in [0, 0.05) is 16.9 Å². The van der Waals surface area contributed by atoms with Crippen molar-refractivity contribution in [3.05, 3.63) is 33.8 Å². The molecule has 1 fully saturated rings. The van der Waals surface area contributed by atoms with Gasteiger partial charge >= 0.3 is 0 Å². The molecule has 19 heavy (non-hydrogen) atoms. The summed E-state index contributed by atoms with van der Waals surface area (Å²) >= 11 is 3.49. The zero-order valence-electron chi connectivity index (χ0n) is 11.3. The van der Waals surface area contributed by atoms with E-state index in [4.69, 9.17) is 0 Å². The molecule has 2 N–H and O–H groups in total. The predicted octanol–water partition coefficient (Wildman–Crippen LogP) is 2.56. The molecule has 4 heteroatoms. The second-order valence-corrected chi connectivity index (χ2v) is 6.03. The largest absolute Gasteiger partial charge is 0.353 e. The maximum atomic E-state index is 11.9. The number of rotatable bonds is 4. The van der Waals surface area contributed by atoms with Crippen molar-refractivity contribution in [1.82, 2.24) is 10.6 Å². The van der Waals surface area contributed by atoms with Crippen LogP contribution in [0, 0.1) is 6.92 Å². The molecule has 1 aromatic carbocycles. The van der Waals surface area contributed by atoms with E-state index in [1.165, 1.54) is 11.1 Å². The van der Waals surface area contributed by atoms with Gasteiger partial charge in [-0.1, -0.05) is 28.1 Å². The van der Waals surface area contributed by atoms with Crippen molar-refractivity contribution in [1.29, 1.82) is 0 Å². The molecule has 0 radical (unpaired) electrons. The lowest BCUT2D eigenvalue weighted by atomic mass is 10.0. The quantitative estimate of drug-likeness (QED) is 0.893. The normalized spacial score (nSPS) is 16.3. The predicted molar refractivity (Wildman–Crippen MR) is 81.2 cm³/mol. The Morgan fingerprint density at radius 3 is 2.84 bits per heavy atom. The molecular formula is C15H21BrN2O. The first-order valence-electron chi connectivity index (χ1n) is 6.90. The highest BCUT2D eigenvalue weighted by Crippen LogP contribution is 2.18. The van der Waals surface area contributed by atoms with Crippen molar-refractivity contribution in [2.75, 3.05) is 13.1 Å². The van der Waals surface area contributed by atoms with Crippen molar-refractivity contribution >= 4 is 21.8 Å². The highest BCUT2D eigenvalue weighted by atomic mass is 79.9. The number of benzene rings is 1. The molecule has 0 aromatic heterocycles. The van der Waals surface area contributed by atoms with Crippen LogP contribution in [0.2, 0.25) is 0 Å². The molecule has 0 aliphatic carbocycles. The lowest BCUT2D eigenvalue weighted by molar-refractivity contribution is -0.121. The van der Waals surface area contributed by atoms with Gasteiger partial charge in [-0.15, -0.1) is 0 Å². The summed E-state index contributed by atoms with van der Waals surface area (Å²) < 4.78 is 1.12. The summed E-state index contributed by atoms with van der Waals surface area (Å²) in [7, 11) is 0. The Bertz CT molecular complexity index is 442. The standard InChI is InChI=1S/C15H21BrN2O/c1-11-10-12(2-4-14(11)16)3-5-15(19)18-13-6-8-17-9-7-13/h2,4,10,13,17H,3,5-9H2,1H3,(H,18,19). The van der Waals surface area contributed by atoms with E-state index in [0.717, 1.165) is 36.8 Å². The molecule has 104 valence electrons. The van der Waals surface area contributed by atoms with Crippen molar-refractivity contribution < 1.29 is 4.79 Å². The van der Waals surface area contributed by atoms with Crippen LogP contribution in [0.15, 0.2) is 22.7 Å². The van der Waals surface area contributed by atoms with Crippen LogP contribution in [-0.2, 0) is 11.2 Å². The Kier molecular flexibility index (Phi) is 5.40. The van der Waals surface area contributed by atoms with Crippen LogP contribution in [0.1, 0.15) is 30.4 Å². The molecule has 0 atom stereocenters. The lowest BCUT2D eigenvalue weighted by Gasteiger charge is -2.23. The molecule has 1 aliphatic heterocycles. The van der Waals surface area contributed by atoms with Gasteiger partial charge in [0.1, 0.15) is 0 Å². The van der Waals surface area contributed by atoms with Crippen molar-refractivity contribution in [3.8, 4) is 0 Å². The van der Waals surface area contributed by atoms with Crippen LogP contribution < -0.4 is 10.6 Å². The number of carbonyl (C=O) groups is 1. The fourth-order valence-electron chi connectivity index (χ4n) is 2.39. The first kappa shape index (κ1) is 14.5. The first-order valence-corrected chi connectivity index (χ1v) is 7.69.